The molecule has 0 saturated carbocycles. The van der Waals surface area contributed by atoms with Crippen LogP contribution in [0.25, 0.3) is 0 Å². The molecule has 0 heterocycles. The topological polar surface area (TPSA) is 98.3 Å². The molecule has 0 spiro atoms. The molecule has 44 valence electrons. The number of carbonyl (C=O) groups is 1. The maximum atomic E-state index is 9.66. The Morgan fingerprint density at radius 2 is 2.14 bits per heavy atom. The summed E-state index contributed by atoms with van der Waals surface area (Å²) in [5.41, 5.74) is 4.60. The third kappa shape index (κ3) is 10.8. The molecule has 0 fully saturated rings. The van der Waals surface area contributed by atoms with Crippen LogP contribution < -0.4 is 11.9 Å². The normalized spacial score (nSPS) is 7.00. The maximum Gasteiger partial charge on any atom is 0.219 e. The van der Waals surface area contributed by atoms with Crippen molar-refractivity contribution in [3.63, 3.8) is 0 Å². The molecule has 6 N–H and O–H groups in total. The van der Waals surface area contributed by atoms with Gasteiger partial charge in [-0.15, -0.1) is 0 Å². The first kappa shape index (κ1) is 9.63. The minimum absolute atomic E-state index is 0. The molecule has 7 heavy (non-hydrogen) atoms. The van der Waals surface area contributed by atoms with Gasteiger partial charge in [0.05, 0.1) is 6.61 Å². The lowest BCUT2D eigenvalue weighted by Gasteiger charge is -1.81. The van der Waals surface area contributed by atoms with Crippen LogP contribution >= 0.6 is 0 Å². The SMILES string of the molecule is N.NC(=O)CCO. The molecule has 0 saturated heterocycles. The summed E-state index contributed by atoms with van der Waals surface area (Å²) in [5.74, 6) is -0.461. The number of amides is 1. The van der Waals surface area contributed by atoms with Crippen molar-refractivity contribution in [3.8, 4) is 0 Å². The van der Waals surface area contributed by atoms with Crippen LogP contribution in [-0.2, 0) is 4.79 Å². The Labute approximate surface area is 41.9 Å². The Morgan fingerprint density at radius 1 is 1.71 bits per heavy atom. The van der Waals surface area contributed by atoms with Crippen LogP contribution in [0.4, 0.5) is 0 Å². The molecule has 0 aliphatic carbocycles. The highest BCUT2D eigenvalue weighted by molar-refractivity contribution is 5.73. The fourth-order valence-corrected chi connectivity index (χ4v) is 0.110. The van der Waals surface area contributed by atoms with E-state index in [0.717, 1.165) is 0 Å². The fraction of sp³-hybridized carbons (Fsp3) is 0.667. The summed E-state index contributed by atoms with van der Waals surface area (Å²) in [6.45, 7) is -0.144. The average Bonchev–Trinajstić information content (AvgIpc) is 1.35. The van der Waals surface area contributed by atoms with Gasteiger partial charge in [-0.25, -0.2) is 0 Å². The molecule has 0 bridgehead atoms. The summed E-state index contributed by atoms with van der Waals surface area (Å²) in [6, 6.07) is 0. The maximum absolute atomic E-state index is 9.66. The quantitative estimate of drug-likeness (QED) is 0.421. The molecular weight excluding hydrogens is 96.0 g/mol. The molecular formula is C3H10N2O2. The van der Waals surface area contributed by atoms with E-state index in [1.807, 2.05) is 0 Å². The van der Waals surface area contributed by atoms with Crippen molar-refractivity contribution in [1.29, 1.82) is 0 Å². The van der Waals surface area contributed by atoms with Gasteiger partial charge in [0.2, 0.25) is 5.91 Å². The molecule has 0 aromatic rings. The van der Waals surface area contributed by atoms with Crippen molar-refractivity contribution in [2.75, 3.05) is 6.61 Å². The van der Waals surface area contributed by atoms with E-state index in [2.05, 4.69) is 5.73 Å². The predicted molar refractivity (Wildman–Crippen MR) is 25.9 cm³/mol. The van der Waals surface area contributed by atoms with Gasteiger partial charge >= 0.3 is 0 Å². The second kappa shape index (κ2) is 5.39. The number of carbonyl (C=O) groups excluding carboxylic acids is 1. The molecule has 4 heteroatoms. The number of nitrogens with two attached hydrogens (primary N) is 1. The largest absolute Gasteiger partial charge is 0.396 e. The van der Waals surface area contributed by atoms with Crippen molar-refractivity contribution in [1.82, 2.24) is 6.15 Å². The highest BCUT2D eigenvalue weighted by Crippen LogP contribution is 1.66. The number of aliphatic hydroxyl groups excluding tert-OH is 1. The Kier molecular flexibility index (Phi) is 7.42. The zero-order valence-electron chi connectivity index (χ0n) is 4.05. The van der Waals surface area contributed by atoms with Gasteiger partial charge in [-0.2, -0.15) is 0 Å². The van der Waals surface area contributed by atoms with Gasteiger partial charge in [0.15, 0.2) is 0 Å². The van der Waals surface area contributed by atoms with Crippen molar-refractivity contribution >= 4 is 5.91 Å². The molecule has 0 atom stereocenters. The zero-order valence-corrected chi connectivity index (χ0v) is 4.05. The molecule has 0 aliphatic rings. The molecule has 0 aromatic heterocycles. The third-order valence-electron chi connectivity index (χ3n) is 0.358. The average molecular weight is 106 g/mol. The number of primary amides is 1. The summed E-state index contributed by atoms with van der Waals surface area (Å²) in [7, 11) is 0. The van der Waals surface area contributed by atoms with E-state index in [-0.39, 0.29) is 19.2 Å². The number of hydrogen-bond donors (Lipinski definition) is 3. The number of aliphatic hydroxyl groups is 1. The molecule has 0 radical (unpaired) electrons. The van der Waals surface area contributed by atoms with Gasteiger partial charge in [0, 0.05) is 6.42 Å². The van der Waals surface area contributed by atoms with E-state index in [1.165, 1.54) is 0 Å². The minimum Gasteiger partial charge on any atom is -0.396 e. The monoisotopic (exact) mass is 106 g/mol. The Morgan fingerprint density at radius 3 is 2.14 bits per heavy atom. The van der Waals surface area contributed by atoms with Gasteiger partial charge in [-0.05, 0) is 0 Å². The van der Waals surface area contributed by atoms with E-state index in [0.29, 0.717) is 0 Å². The summed E-state index contributed by atoms with van der Waals surface area (Å²) >= 11 is 0. The van der Waals surface area contributed by atoms with Crippen LogP contribution in [0.1, 0.15) is 6.42 Å². The zero-order chi connectivity index (χ0) is 4.99. The summed E-state index contributed by atoms with van der Waals surface area (Å²) in [5, 5.41) is 7.94. The van der Waals surface area contributed by atoms with Crippen LogP contribution in [0.5, 0.6) is 0 Å². The standard InChI is InChI=1S/C3H7NO2.H3N/c4-3(6)1-2-5;/h5H,1-2H2,(H2,4,6);1H3. The van der Waals surface area contributed by atoms with Crippen LogP contribution in [0.3, 0.4) is 0 Å². The fourth-order valence-electron chi connectivity index (χ4n) is 0.110. The van der Waals surface area contributed by atoms with E-state index >= 15 is 0 Å². The molecule has 1 amide bonds. The van der Waals surface area contributed by atoms with Crippen molar-refractivity contribution in [2.24, 2.45) is 5.73 Å². The molecule has 4 nitrogen and oxygen atoms in total. The lowest BCUT2D eigenvalue weighted by atomic mass is 10.4. The second-order valence-electron chi connectivity index (χ2n) is 0.940. The Balaban J connectivity index is 0. The van der Waals surface area contributed by atoms with E-state index < -0.39 is 5.91 Å². The predicted octanol–water partition coefficient (Wildman–Crippen LogP) is -0.984. The molecule has 0 aliphatic heterocycles. The smallest absolute Gasteiger partial charge is 0.219 e. The summed E-state index contributed by atoms with van der Waals surface area (Å²) < 4.78 is 0. The highest BCUT2D eigenvalue weighted by Gasteiger charge is 1.85. The van der Waals surface area contributed by atoms with Gasteiger partial charge < -0.3 is 17.0 Å². The first-order chi connectivity index (χ1) is 2.77. The van der Waals surface area contributed by atoms with Crippen molar-refractivity contribution in [2.45, 2.75) is 6.42 Å². The van der Waals surface area contributed by atoms with Crippen LogP contribution in [0, 0.1) is 0 Å². The van der Waals surface area contributed by atoms with Gasteiger partial charge in [-0.1, -0.05) is 0 Å². The van der Waals surface area contributed by atoms with E-state index in [1.54, 1.807) is 0 Å². The highest BCUT2D eigenvalue weighted by atomic mass is 16.3. The van der Waals surface area contributed by atoms with Crippen molar-refractivity contribution in [3.05, 3.63) is 0 Å². The molecule has 0 aromatic carbocycles. The van der Waals surface area contributed by atoms with Crippen LogP contribution in [0.15, 0.2) is 0 Å². The summed E-state index contributed by atoms with van der Waals surface area (Å²) in [6.07, 6.45) is 0.0694. The Bertz CT molecular complexity index is 54.9. The van der Waals surface area contributed by atoms with E-state index in [4.69, 9.17) is 5.11 Å². The third-order valence-corrected chi connectivity index (χ3v) is 0.358. The number of hydrogen-bond acceptors (Lipinski definition) is 3. The Hall–Kier alpha value is -0.610. The lowest BCUT2D eigenvalue weighted by Crippen LogP contribution is -2.11. The van der Waals surface area contributed by atoms with Crippen LogP contribution in [-0.4, -0.2) is 17.6 Å². The lowest BCUT2D eigenvalue weighted by molar-refractivity contribution is -0.118. The molecule has 0 unspecified atom stereocenters. The number of rotatable bonds is 2. The van der Waals surface area contributed by atoms with Gasteiger partial charge in [-0.3, -0.25) is 4.79 Å². The van der Waals surface area contributed by atoms with Gasteiger partial charge in [0.1, 0.15) is 0 Å². The second-order valence-corrected chi connectivity index (χ2v) is 0.940. The summed E-state index contributed by atoms with van der Waals surface area (Å²) in [4.78, 5) is 9.66. The molecule has 0 rings (SSSR count). The van der Waals surface area contributed by atoms with Gasteiger partial charge in [0.25, 0.3) is 0 Å². The first-order valence-corrected chi connectivity index (χ1v) is 1.66. The minimum atomic E-state index is -0.461. The van der Waals surface area contributed by atoms with Crippen molar-refractivity contribution < 1.29 is 9.90 Å². The van der Waals surface area contributed by atoms with Crippen LogP contribution in [0.2, 0.25) is 0 Å². The van der Waals surface area contributed by atoms with E-state index in [9.17, 15) is 4.79 Å². The first-order valence-electron chi connectivity index (χ1n) is 1.66.